The molecule has 0 unspecified atom stereocenters. The van der Waals surface area contributed by atoms with Crippen LogP contribution >= 0.6 is 0 Å². The van der Waals surface area contributed by atoms with Gasteiger partial charge in [-0.3, -0.25) is 5.01 Å². The molecule has 3 rings (SSSR count). The Morgan fingerprint density at radius 3 is 2.96 bits per heavy atom. The molecule has 2 aromatic rings. The van der Waals surface area contributed by atoms with E-state index in [1.54, 1.807) is 0 Å². The molecular formula is C19H23N3O. The van der Waals surface area contributed by atoms with E-state index in [1.165, 1.54) is 16.7 Å². The number of aryl methyl sites for hydroxylation is 1. The van der Waals surface area contributed by atoms with Crippen molar-refractivity contribution in [2.24, 2.45) is 0 Å². The second-order valence-corrected chi connectivity index (χ2v) is 5.78. The van der Waals surface area contributed by atoms with Gasteiger partial charge < -0.3 is 4.74 Å². The highest BCUT2D eigenvalue weighted by molar-refractivity contribution is 5.59. The molecule has 1 aromatic carbocycles. The number of pyridine rings is 1. The number of nitrogens with zero attached hydrogens (tertiary/aromatic N) is 2. The molecule has 0 spiro atoms. The lowest BCUT2D eigenvalue weighted by atomic mass is 10.1. The van der Waals surface area contributed by atoms with Crippen LogP contribution in [0.2, 0.25) is 0 Å². The van der Waals surface area contributed by atoms with Gasteiger partial charge in [-0.1, -0.05) is 25.1 Å². The fourth-order valence-corrected chi connectivity index (χ4v) is 2.66. The molecular weight excluding hydrogens is 286 g/mol. The quantitative estimate of drug-likeness (QED) is 0.916. The molecule has 4 nitrogen and oxygen atoms in total. The third-order valence-electron chi connectivity index (χ3n) is 3.82. The molecule has 120 valence electrons. The summed E-state index contributed by atoms with van der Waals surface area (Å²) in [6.07, 6.45) is 5.09. The summed E-state index contributed by atoms with van der Waals surface area (Å²) in [6, 6.07) is 12.3. The van der Waals surface area contributed by atoms with Gasteiger partial charge in [0.05, 0.1) is 13.2 Å². The summed E-state index contributed by atoms with van der Waals surface area (Å²) in [5.41, 5.74) is 7.11. The van der Waals surface area contributed by atoms with Crippen molar-refractivity contribution < 1.29 is 4.74 Å². The third kappa shape index (κ3) is 3.90. The Kier molecular flexibility index (Phi) is 4.93. The summed E-state index contributed by atoms with van der Waals surface area (Å²) in [7, 11) is 0. The number of nitrogens with one attached hydrogen (secondary N) is 1. The normalized spacial score (nSPS) is 16.1. The van der Waals surface area contributed by atoms with Gasteiger partial charge in [0.2, 0.25) is 0 Å². The topological polar surface area (TPSA) is 37.4 Å². The average Bonchev–Trinajstić information content (AvgIpc) is 3.03. The van der Waals surface area contributed by atoms with Crippen LogP contribution in [0.15, 0.2) is 48.2 Å². The maximum Gasteiger partial charge on any atom is 0.142 e. The van der Waals surface area contributed by atoms with E-state index in [0.29, 0.717) is 0 Å². The summed E-state index contributed by atoms with van der Waals surface area (Å²) in [6.45, 7) is 6.69. The van der Waals surface area contributed by atoms with Crippen molar-refractivity contribution in [1.82, 2.24) is 10.4 Å². The van der Waals surface area contributed by atoms with Gasteiger partial charge in [0, 0.05) is 12.7 Å². The van der Waals surface area contributed by atoms with Crippen molar-refractivity contribution in [3.63, 3.8) is 0 Å². The Balaban J connectivity index is 1.69. The van der Waals surface area contributed by atoms with Crippen molar-refractivity contribution in [1.29, 1.82) is 0 Å². The van der Waals surface area contributed by atoms with Crippen molar-refractivity contribution in [2.45, 2.75) is 20.3 Å². The van der Waals surface area contributed by atoms with Crippen molar-refractivity contribution in [3.8, 4) is 5.75 Å². The van der Waals surface area contributed by atoms with Gasteiger partial charge in [0.25, 0.3) is 0 Å². The fraction of sp³-hybridized carbons (Fsp3) is 0.316. The summed E-state index contributed by atoms with van der Waals surface area (Å²) >= 11 is 0. The summed E-state index contributed by atoms with van der Waals surface area (Å²) in [5, 5.41) is 2.08. The number of hydrogen-bond donors (Lipinski definition) is 1. The molecule has 4 heteroatoms. The zero-order valence-corrected chi connectivity index (χ0v) is 13.7. The zero-order valence-electron chi connectivity index (χ0n) is 13.7. The first-order valence-corrected chi connectivity index (χ1v) is 8.11. The molecule has 1 saturated heterocycles. The molecule has 0 amide bonds. The van der Waals surface area contributed by atoms with Crippen LogP contribution in [-0.4, -0.2) is 24.7 Å². The van der Waals surface area contributed by atoms with Gasteiger partial charge in [-0.15, -0.1) is 0 Å². The molecule has 2 heterocycles. The van der Waals surface area contributed by atoms with E-state index in [9.17, 15) is 0 Å². The third-order valence-corrected chi connectivity index (χ3v) is 3.82. The molecule has 0 atom stereocenters. The van der Waals surface area contributed by atoms with Crippen molar-refractivity contribution >= 4 is 11.9 Å². The highest BCUT2D eigenvalue weighted by Crippen LogP contribution is 2.22. The summed E-state index contributed by atoms with van der Waals surface area (Å²) < 4.78 is 5.74. The number of ether oxygens (including phenoxy) is 1. The van der Waals surface area contributed by atoms with Gasteiger partial charge in [-0.05, 0) is 54.3 Å². The maximum atomic E-state index is 5.74. The molecule has 1 fully saturated rings. The van der Waals surface area contributed by atoms with Crippen LogP contribution in [-0.2, 0) is 0 Å². The Morgan fingerprint density at radius 1 is 1.30 bits per heavy atom. The molecule has 0 aliphatic carbocycles. The van der Waals surface area contributed by atoms with Gasteiger partial charge in [0.1, 0.15) is 11.6 Å². The van der Waals surface area contributed by atoms with Gasteiger partial charge in [0.15, 0.2) is 0 Å². The van der Waals surface area contributed by atoms with Crippen molar-refractivity contribution in [3.05, 3.63) is 59.3 Å². The Morgan fingerprint density at radius 2 is 2.22 bits per heavy atom. The minimum Gasteiger partial charge on any atom is -0.493 e. The van der Waals surface area contributed by atoms with Gasteiger partial charge in [-0.2, -0.15) is 0 Å². The van der Waals surface area contributed by atoms with E-state index in [2.05, 4.69) is 53.5 Å². The largest absolute Gasteiger partial charge is 0.493 e. The number of benzene rings is 1. The zero-order chi connectivity index (χ0) is 16.1. The molecule has 1 aliphatic heterocycles. The number of hydrazine groups is 1. The minimum absolute atomic E-state index is 0.768. The maximum absolute atomic E-state index is 5.74. The number of aromatic nitrogens is 1. The number of hydrogen-bond acceptors (Lipinski definition) is 4. The SMILES string of the molecule is CCCOc1ccc(C=C2CNN(c3ccccn3)C2)cc1C. The van der Waals surface area contributed by atoms with Crippen LogP contribution in [0.4, 0.5) is 5.82 Å². The summed E-state index contributed by atoms with van der Waals surface area (Å²) in [4.78, 5) is 4.38. The lowest BCUT2D eigenvalue weighted by molar-refractivity contribution is 0.315. The van der Waals surface area contributed by atoms with Crippen LogP contribution in [0.25, 0.3) is 6.08 Å². The number of anilines is 1. The average molecular weight is 309 g/mol. The smallest absolute Gasteiger partial charge is 0.142 e. The van der Waals surface area contributed by atoms with E-state index in [-0.39, 0.29) is 0 Å². The molecule has 0 saturated carbocycles. The van der Waals surface area contributed by atoms with E-state index in [1.807, 2.05) is 24.4 Å². The fourth-order valence-electron chi connectivity index (χ4n) is 2.66. The molecule has 0 bridgehead atoms. The molecule has 0 radical (unpaired) electrons. The molecule has 23 heavy (non-hydrogen) atoms. The summed E-state index contributed by atoms with van der Waals surface area (Å²) in [5.74, 6) is 1.93. The van der Waals surface area contributed by atoms with Crippen LogP contribution in [0.1, 0.15) is 24.5 Å². The standard InChI is InChI=1S/C19H23N3O/c1-3-10-23-18-8-7-16(11-15(18)2)12-17-13-21-22(14-17)19-6-4-5-9-20-19/h4-9,11-12,21H,3,10,13-14H2,1-2H3. The predicted octanol–water partition coefficient (Wildman–Crippen LogP) is 3.59. The minimum atomic E-state index is 0.768. The molecule has 1 N–H and O–H groups in total. The van der Waals surface area contributed by atoms with E-state index in [0.717, 1.165) is 37.7 Å². The second kappa shape index (κ2) is 7.29. The Labute approximate surface area is 137 Å². The first-order valence-electron chi connectivity index (χ1n) is 8.11. The lowest BCUT2D eigenvalue weighted by Crippen LogP contribution is -2.30. The number of rotatable bonds is 5. The van der Waals surface area contributed by atoms with Crippen LogP contribution < -0.4 is 15.2 Å². The predicted molar refractivity (Wildman–Crippen MR) is 94.5 cm³/mol. The van der Waals surface area contributed by atoms with Gasteiger partial charge >= 0.3 is 0 Å². The highest BCUT2D eigenvalue weighted by Gasteiger charge is 2.17. The van der Waals surface area contributed by atoms with E-state index in [4.69, 9.17) is 4.74 Å². The van der Waals surface area contributed by atoms with Crippen molar-refractivity contribution in [2.75, 3.05) is 24.7 Å². The van der Waals surface area contributed by atoms with Gasteiger partial charge in [-0.25, -0.2) is 10.4 Å². The second-order valence-electron chi connectivity index (χ2n) is 5.78. The van der Waals surface area contributed by atoms with Crippen LogP contribution in [0.5, 0.6) is 5.75 Å². The Bertz CT molecular complexity index is 682. The molecule has 1 aromatic heterocycles. The lowest BCUT2D eigenvalue weighted by Gasteiger charge is -2.15. The first-order chi connectivity index (χ1) is 11.3. The van der Waals surface area contributed by atoms with E-state index < -0.39 is 0 Å². The van der Waals surface area contributed by atoms with E-state index >= 15 is 0 Å². The molecule has 1 aliphatic rings. The monoisotopic (exact) mass is 309 g/mol. The van der Waals surface area contributed by atoms with Crippen LogP contribution in [0.3, 0.4) is 0 Å². The first kappa shape index (κ1) is 15.6. The Hall–Kier alpha value is -2.33. The highest BCUT2D eigenvalue weighted by atomic mass is 16.5. The van der Waals surface area contributed by atoms with Crippen LogP contribution in [0, 0.1) is 6.92 Å².